The molecule has 6 nitrogen and oxygen atoms in total. The highest BCUT2D eigenvalue weighted by atomic mass is 16.1. The van der Waals surface area contributed by atoms with E-state index >= 15 is 0 Å². The number of nitrogens with zero attached hydrogens (tertiary/aromatic N) is 3. The van der Waals surface area contributed by atoms with Gasteiger partial charge in [0.15, 0.2) is 5.82 Å². The van der Waals surface area contributed by atoms with Crippen LogP contribution in [-0.4, -0.2) is 33.8 Å². The van der Waals surface area contributed by atoms with Gasteiger partial charge < -0.3 is 15.2 Å². The average Bonchev–Trinajstić information content (AvgIpc) is 2.58. The number of nitrogens with one attached hydrogen (secondary N) is 2. The number of aromatic nitrogens is 3. The fraction of sp³-hybridized carbons (Fsp3) is 0.750. The lowest BCUT2D eigenvalue weighted by Gasteiger charge is -2.16. The van der Waals surface area contributed by atoms with Gasteiger partial charge in [-0.2, -0.15) is 0 Å². The third-order valence-corrected chi connectivity index (χ3v) is 3.16. The van der Waals surface area contributed by atoms with E-state index < -0.39 is 0 Å². The Morgan fingerprint density at radius 1 is 1.33 bits per heavy atom. The minimum absolute atomic E-state index is 0.0133. The van der Waals surface area contributed by atoms with Gasteiger partial charge >= 0.3 is 0 Å². The number of fused-ring (bicyclic) bond motifs is 1. The summed E-state index contributed by atoms with van der Waals surface area (Å²) < 4.78 is 2.12. The van der Waals surface area contributed by atoms with Crippen LogP contribution < -0.4 is 10.6 Å². The molecule has 2 N–H and O–H groups in total. The van der Waals surface area contributed by atoms with Gasteiger partial charge in [-0.1, -0.05) is 13.8 Å². The average molecular weight is 251 g/mol. The first kappa shape index (κ1) is 13.0. The zero-order valence-electron chi connectivity index (χ0n) is 11.2. The van der Waals surface area contributed by atoms with Gasteiger partial charge in [0.05, 0.1) is 6.04 Å². The first-order valence-corrected chi connectivity index (χ1v) is 6.52. The maximum Gasteiger partial charge on any atom is 0.223 e. The molecule has 1 aliphatic heterocycles. The van der Waals surface area contributed by atoms with Crippen LogP contribution in [0.25, 0.3) is 0 Å². The molecule has 1 aromatic heterocycles. The molecule has 100 valence electrons. The summed E-state index contributed by atoms with van der Waals surface area (Å²) >= 11 is 0. The highest BCUT2D eigenvalue weighted by Crippen LogP contribution is 2.14. The minimum Gasteiger partial charge on any atom is -0.346 e. The number of amides is 1. The van der Waals surface area contributed by atoms with E-state index in [-0.39, 0.29) is 17.9 Å². The Morgan fingerprint density at radius 3 is 2.83 bits per heavy atom. The molecule has 1 amide bonds. The largest absolute Gasteiger partial charge is 0.346 e. The monoisotopic (exact) mass is 251 g/mol. The smallest absolute Gasteiger partial charge is 0.223 e. The minimum atomic E-state index is -0.0979. The number of carbonyl (C=O) groups excluding carboxylic acids is 1. The predicted octanol–water partition coefficient (Wildman–Crippen LogP) is 0.257. The first-order chi connectivity index (χ1) is 8.59. The highest BCUT2D eigenvalue weighted by molar-refractivity contribution is 5.78. The molecule has 0 spiro atoms. The zero-order chi connectivity index (χ0) is 13.1. The van der Waals surface area contributed by atoms with Crippen molar-refractivity contribution in [2.24, 2.45) is 5.92 Å². The Morgan fingerprint density at radius 2 is 2.11 bits per heavy atom. The lowest BCUT2D eigenvalue weighted by atomic mass is 10.2. The lowest BCUT2D eigenvalue weighted by Crippen LogP contribution is -2.32. The quantitative estimate of drug-likeness (QED) is 0.808. The summed E-state index contributed by atoms with van der Waals surface area (Å²) in [4.78, 5) is 11.7. The first-order valence-electron chi connectivity index (χ1n) is 6.52. The van der Waals surface area contributed by atoms with Gasteiger partial charge in [0.25, 0.3) is 0 Å². The summed E-state index contributed by atoms with van der Waals surface area (Å²) in [5.41, 5.74) is 0. The number of hydrogen-bond acceptors (Lipinski definition) is 4. The SMILES string of the molecule is CC(C)C(=O)NC(C)c1nnc2n1CCNCC2. The van der Waals surface area contributed by atoms with E-state index in [1.807, 2.05) is 20.8 Å². The second-order valence-electron chi connectivity index (χ2n) is 5.01. The molecule has 0 radical (unpaired) electrons. The summed E-state index contributed by atoms with van der Waals surface area (Å²) in [7, 11) is 0. The summed E-state index contributed by atoms with van der Waals surface area (Å²) in [5, 5.41) is 14.7. The van der Waals surface area contributed by atoms with Gasteiger partial charge in [-0.05, 0) is 6.92 Å². The Labute approximate surface area is 107 Å². The van der Waals surface area contributed by atoms with Gasteiger partial charge in [0.2, 0.25) is 5.91 Å². The molecular weight excluding hydrogens is 230 g/mol. The maximum absolute atomic E-state index is 11.7. The number of carbonyl (C=O) groups is 1. The molecule has 18 heavy (non-hydrogen) atoms. The van der Waals surface area contributed by atoms with Crippen molar-refractivity contribution < 1.29 is 4.79 Å². The number of hydrogen-bond donors (Lipinski definition) is 2. The van der Waals surface area contributed by atoms with Crippen LogP contribution in [0.2, 0.25) is 0 Å². The van der Waals surface area contributed by atoms with E-state index in [9.17, 15) is 4.79 Å². The van der Waals surface area contributed by atoms with E-state index in [1.54, 1.807) is 0 Å². The van der Waals surface area contributed by atoms with Crippen molar-refractivity contribution in [1.82, 2.24) is 25.4 Å². The Balaban J connectivity index is 2.13. The second-order valence-corrected chi connectivity index (χ2v) is 5.01. The molecule has 0 aromatic carbocycles. The molecule has 2 rings (SSSR count). The molecule has 1 atom stereocenters. The standard InChI is InChI=1S/C12H21N5O/c1-8(2)12(18)14-9(3)11-16-15-10-4-5-13-6-7-17(10)11/h8-9,13H,4-7H2,1-3H3,(H,14,18). The van der Waals surface area contributed by atoms with Crippen LogP contribution in [0.4, 0.5) is 0 Å². The van der Waals surface area contributed by atoms with Gasteiger partial charge in [-0.25, -0.2) is 0 Å². The van der Waals surface area contributed by atoms with Crippen molar-refractivity contribution in [1.29, 1.82) is 0 Å². The molecule has 0 bridgehead atoms. The Bertz CT molecular complexity index is 426. The van der Waals surface area contributed by atoms with Gasteiger partial charge in [0.1, 0.15) is 5.82 Å². The third kappa shape index (κ3) is 2.69. The summed E-state index contributed by atoms with van der Waals surface area (Å²) in [6.45, 7) is 8.44. The van der Waals surface area contributed by atoms with Crippen LogP contribution in [-0.2, 0) is 17.8 Å². The van der Waals surface area contributed by atoms with Crippen LogP contribution in [0.1, 0.15) is 38.5 Å². The lowest BCUT2D eigenvalue weighted by molar-refractivity contribution is -0.124. The van der Waals surface area contributed by atoms with E-state index in [2.05, 4.69) is 25.4 Å². The zero-order valence-corrected chi connectivity index (χ0v) is 11.2. The van der Waals surface area contributed by atoms with Crippen molar-refractivity contribution in [3.63, 3.8) is 0 Å². The van der Waals surface area contributed by atoms with Gasteiger partial charge in [0, 0.05) is 32.0 Å². The molecule has 0 saturated carbocycles. The second kappa shape index (κ2) is 5.48. The van der Waals surface area contributed by atoms with Crippen LogP contribution in [0.3, 0.4) is 0 Å². The molecule has 1 unspecified atom stereocenters. The molecular formula is C12H21N5O. The normalized spacial score (nSPS) is 17.1. The van der Waals surface area contributed by atoms with Crippen molar-refractivity contribution >= 4 is 5.91 Å². The van der Waals surface area contributed by atoms with Crippen LogP contribution in [0.15, 0.2) is 0 Å². The molecule has 0 fully saturated rings. The Hall–Kier alpha value is -1.43. The van der Waals surface area contributed by atoms with Crippen LogP contribution in [0.5, 0.6) is 0 Å². The summed E-state index contributed by atoms with van der Waals surface area (Å²) in [6, 6.07) is -0.0979. The van der Waals surface area contributed by atoms with Crippen molar-refractivity contribution in [2.45, 2.75) is 39.8 Å². The molecule has 0 aliphatic carbocycles. The topological polar surface area (TPSA) is 71.8 Å². The fourth-order valence-electron chi connectivity index (χ4n) is 2.06. The van der Waals surface area contributed by atoms with E-state index in [1.165, 1.54) is 0 Å². The van der Waals surface area contributed by atoms with E-state index in [0.717, 1.165) is 37.7 Å². The van der Waals surface area contributed by atoms with E-state index in [4.69, 9.17) is 0 Å². The molecule has 1 aliphatic rings. The van der Waals surface area contributed by atoms with Crippen molar-refractivity contribution in [3.8, 4) is 0 Å². The third-order valence-electron chi connectivity index (χ3n) is 3.16. The number of rotatable bonds is 3. The van der Waals surface area contributed by atoms with Crippen LogP contribution in [0, 0.1) is 5.92 Å². The van der Waals surface area contributed by atoms with Gasteiger partial charge in [-0.3, -0.25) is 4.79 Å². The van der Waals surface area contributed by atoms with Gasteiger partial charge in [-0.15, -0.1) is 10.2 Å². The molecule has 0 saturated heterocycles. The predicted molar refractivity (Wildman–Crippen MR) is 68.0 cm³/mol. The van der Waals surface area contributed by atoms with Crippen molar-refractivity contribution in [3.05, 3.63) is 11.6 Å². The molecule has 2 heterocycles. The molecule has 1 aromatic rings. The Kier molecular flexibility index (Phi) is 3.96. The highest BCUT2D eigenvalue weighted by Gasteiger charge is 2.21. The van der Waals surface area contributed by atoms with E-state index in [0.29, 0.717) is 0 Å². The summed E-state index contributed by atoms with van der Waals surface area (Å²) in [5.74, 6) is 1.88. The van der Waals surface area contributed by atoms with Crippen molar-refractivity contribution in [2.75, 3.05) is 13.1 Å². The summed E-state index contributed by atoms with van der Waals surface area (Å²) in [6.07, 6.45) is 0.887. The van der Waals surface area contributed by atoms with Crippen LogP contribution >= 0.6 is 0 Å². The molecule has 6 heteroatoms. The maximum atomic E-state index is 11.7. The fourth-order valence-corrected chi connectivity index (χ4v) is 2.06.